The fraction of sp³-hybridized carbons (Fsp3) is 0.500. The molecule has 1 aromatic heterocycles. The minimum atomic E-state index is -0.225. The Morgan fingerprint density at radius 2 is 2.09 bits per heavy atom. The number of piperidine rings is 3. The highest BCUT2D eigenvalue weighted by Gasteiger charge is 2.41. The number of nitrogens with zero attached hydrogens (tertiary/aromatic N) is 3. The predicted octanol–water partition coefficient (Wildman–Crippen LogP) is 2.40. The Balaban J connectivity index is 1.62. The highest BCUT2D eigenvalue weighted by Crippen LogP contribution is 2.42. The lowest BCUT2D eigenvalue weighted by molar-refractivity contribution is 0.00105. The first-order valence-electron chi connectivity index (χ1n) is 8.30. The smallest absolute Gasteiger partial charge is 0.123 e. The minimum Gasteiger partial charge on any atom is -0.395 e. The molecule has 3 fully saturated rings. The summed E-state index contributed by atoms with van der Waals surface area (Å²) in [5.74, 6) is 0.865. The van der Waals surface area contributed by atoms with Gasteiger partial charge in [-0.25, -0.2) is 4.39 Å². The molecule has 0 aliphatic carbocycles. The van der Waals surface area contributed by atoms with Gasteiger partial charge in [-0.1, -0.05) is 0 Å². The van der Waals surface area contributed by atoms with Gasteiger partial charge in [0.2, 0.25) is 0 Å². The Hall–Kier alpha value is -1.72. The molecule has 5 rings (SSSR count). The third-order valence-corrected chi connectivity index (χ3v) is 5.53. The zero-order chi connectivity index (χ0) is 16.0. The van der Waals surface area contributed by atoms with Gasteiger partial charge in [0.05, 0.1) is 12.3 Å². The quantitative estimate of drug-likeness (QED) is 0.945. The fourth-order valence-corrected chi connectivity index (χ4v) is 4.25. The fourth-order valence-electron chi connectivity index (χ4n) is 4.25. The van der Waals surface area contributed by atoms with Gasteiger partial charge in [-0.3, -0.25) is 9.58 Å². The van der Waals surface area contributed by atoms with Crippen molar-refractivity contribution >= 4 is 0 Å². The molecule has 1 unspecified atom stereocenters. The number of benzene rings is 1. The summed E-state index contributed by atoms with van der Waals surface area (Å²) >= 11 is 0. The predicted molar refractivity (Wildman–Crippen MR) is 86.5 cm³/mol. The standard InChI is InChI=1S/C18H22FN3O/c1-21-18(9-17(20-21)12-2-4-14(19)5-3-12)16-10-22-7-6-13(16)8-15(22)11-23/h2-5,9,13,15-16,23H,6-8,10-11H2,1H3/t13-,15+,16-/m0/s1. The molecule has 0 amide bonds. The molecule has 1 N–H and O–H groups in total. The summed E-state index contributed by atoms with van der Waals surface area (Å²) in [6.45, 7) is 2.35. The average molecular weight is 315 g/mol. The topological polar surface area (TPSA) is 41.3 Å². The molecule has 122 valence electrons. The van der Waals surface area contributed by atoms with Crippen LogP contribution >= 0.6 is 0 Å². The van der Waals surface area contributed by atoms with E-state index in [-0.39, 0.29) is 12.4 Å². The van der Waals surface area contributed by atoms with Gasteiger partial charge in [-0.05, 0) is 55.6 Å². The maximum atomic E-state index is 13.1. The van der Waals surface area contributed by atoms with Gasteiger partial charge >= 0.3 is 0 Å². The van der Waals surface area contributed by atoms with E-state index in [2.05, 4.69) is 16.1 Å². The van der Waals surface area contributed by atoms with E-state index in [1.807, 2.05) is 11.7 Å². The number of rotatable bonds is 3. The van der Waals surface area contributed by atoms with Crippen molar-refractivity contribution in [3.8, 4) is 11.3 Å². The van der Waals surface area contributed by atoms with Crippen LogP contribution in [-0.4, -0.2) is 45.5 Å². The molecule has 23 heavy (non-hydrogen) atoms. The molecule has 4 atom stereocenters. The van der Waals surface area contributed by atoms with Crippen LogP contribution in [0.15, 0.2) is 30.3 Å². The molecule has 4 nitrogen and oxygen atoms in total. The molecule has 3 aliphatic heterocycles. The van der Waals surface area contributed by atoms with E-state index in [0.717, 1.165) is 30.8 Å². The number of fused-ring (bicyclic) bond motifs is 3. The largest absolute Gasteiger partial charge is 0.395 e. The third kappa shape index (κ3) is 2.58. The number of aromatic nitrogens is 2. The number of aryl methyl sites for hydroxylation is 1. The second kappa shape index (κ2) is 5.73. The van der Waals surface area contributed by atoms with E-state index in [1.54, 1.807) is 12.1 Å². The zero-order valence-electron chi connectivity index (χ0n) is 13.3. The Morgan fingerprint density at radius 3 is 2.74 bits per heavy atom. The number of aliphatic hydroxyl groups excluding tert-OH is 1. The number of halogens is 1. The Kier molecular flexibility index (Phi) is 3.70. The molecule has 0 radical (unpaired) electrons. The number of hydrogen-bond donors (Lipinski definition) is 1. The maximum absolute atomic E-state index is 13.1. The molecule has 4 heterocycles. The summed E-state index contributed by atoms with van der Waals surface area (Å²) in [6.07, 6.45) is 2.26. The highest BCUT2D eigenvalue weighted by atomic mass is 19.1. The van der Waals surface area contributed by atoms with Crippen LogP contribution in [-0.2, 0) is 7.05 Å². The van der Waals surface area contributed by atoms with E-state index >= 15 is 0 Å². The Bertz CT molecular complexity index is 697. The van der Waals surface area contributed by atoms with Crippen molar-refractivity contribution in [2.45, 2.75) is 24.8 Å². The van der Waals surface area contributed by atoms with Crippen molar-refractivity contribution in [2.24, 2.45) is 13.0 Å². The first-order valence-corrected chi connectivity index (χ1v) is 8.30. The van der Waals surface area contributed by atoms with Crippen molar-refractivity contribution < 1.29 is 9.50 Å². The van der Waals surface area contributed by atoms with Gasteiger partial charge in [0.25, 0.3) is 0 Å². The molecule has 0 spiro atoms. The van der Waals surface area contributed by atoms with Crippen LogP contribution in [0.4, 0.5) is 4.39 Å². The van der Waals surface area contributed by atoms with E-state index in [1.165, 1.54) is 24.2 Å². The molecule has 3 saturated heterocycles. The lowest BCUT2D eigenvalue weighted by Gasteiger charge is -2.49. The number of aliphatic hydroxyl groups is 1. The third-order valence-electron chi connectivity index (χ3n) is 5.53. The molecule has 0 saturated carbocycles. The average Bonchev–Trinajstić information content (AvgIpc) is 2.97. The van der Waals surface area contributed by atoms with Crippen molar-refractivity contribution in [3.63, 3.8) is 0 Å². The summed E-state index contributed by atoms with van der Waals surface area (Å²) in [4.78, 5) is 2.41. The molecule has 2 aromatic rings. The van der Waals surface area contributed by atoms with Crippen LogP contribution in [0.1, 0.15) is 24.5 Å². The summed E-state index contributed by atoms with van der Waals surface area (Å²) < 4.78 is 15.1. The first-order chi connectivity index (χ1) is 11.2. The van der Waals surface area contributed by atoms with Crippen LogP contribution in [0.25, 0.3) is 11.3 Å². The number of hydrogen-bond acceptors (Lipinski definition) is 3. The van der Waals surface area contributed by atoms with E-state index < -0.39 is 0 Å². The van der Waals surface area contributed by atoms with Gasteiger partial charge in [0.15, 0.2) is 0 Å². The van der Waals surface area contributed by atoms with Crippen LogP contribution in [0.3, 0.4) is 0 Å². The normalized spacial score (nSPS) is 29.9. The van der Waals surface area contributed by atoms with Crippen molar-refractivity contribution in [2.75, 3.05) is 19.7 Å². The van der Waals surface area contributed by atoms with Crippen LogP contribution < -0.4 is 0 Å². The van der Waals surface area contributed by atoms with E-state index in [9.17, 15) is 9.50 Å². The van der Waals surface area contributed by atoms with Gasteiger partial charge in [-0.2, -0.15) is 5.10 Å². The van der Waals surface area contributed by atoms with Crippen LogP contribution in [0.5, 0.6) is 0 Å². The molecular weight excluding hydrogens is 293 g/mol. The van der Waals surface area contributed by atoms with Crippen molar-refractivity contribution in [3.05, 3.63) is 41.8 Å². The second-order valence-electron chi connectivity index (χ2n) is 6.81. The maximum Gasteiger partial charge on any atom is 0.123 e. The van der Waals surface area contributed by atoms with Crippen LogP contribution in [0.2, 0.25) is 0 Å². The molecule has 2 bridgehead atoms. The molecule has 5 heteroatoms. The molecule has 3 aliphatic rings. The van der Waals surface area contributed by atoms with Gasteiger partial charge in [0.1, 0.15) is 5.82 Å². The van der Waals surface area contributed by atoms with E-state index in [0.29, 0.717) is 17.9 Å². The van der Waals surface area contributed by atoms with E-state index in [4.69, 9.17) is 0 Å². The summed E-state index contributed by atoms with van der Waals surface area (Å²) in [7, 11) is 1.99. The van der Waals surface area contributed by atoms with Gasteiger partial charge in [-0.15, -0.1) is 0 Å². The minimum absolute atomic E-state index is 0.225. The van der Waals surface area contributed by atoms with Crippen LogP contribution in [0, 0.1) is 11.7 Å². The summed E-state index contributed by atoms with van der Waals surface area (Å²) in [5, 5.41) is 14.1. The molecular formula is C18H22FN3O. The SMILES string of the molecule is Cn1nc(-c2ccc(F)cc2)cc1[C@H]1CN2CC[C@H]1C[C@@H]2CO. The highest BCUT2D eigenvalue weighted by molar-refractivity contribution is 5.59. The second-order valence-corrected chi connectivity index (χ2v) is 6.81. The first kappa shape index (κ1) is 14.8. The zero-order valence-corrected chi connectivity index (χ0v) is 13.3. The van der Waals surface area contributed by atoms with Crippen molar-refractivity contribution in [1.82, 2.24) is 14.7 Å². The Labute approximate surface area is 135 Å². The van der Waals surface area contributed by atoms with Crippen molar-refractivity contribution in [1.29, 1.82) is 0 Å². The van der Waals surface area contributed by atoms with Gasteiger partial charge < -0.3 is 5.11 Å². The molecule has 1 aromatic carbocycles. The lowest BCUT2D eigenvalue weighted by Crippen LogP contribution is -2.53. The van der Waals surface area contributed by atoms with Gasteiger partial charge in [0, 0.05) is 36.8 Å². The summed E-state index contributed by atoms with van der Waals surface area (Å²) in [5.41, 5.74) is 3.09. The lowest BCUT2D eigenvalue weighted by atomic mass is 9.74. The monoisotopic (exact) mass is 315 g/mol. The Morgan fingerprint density at radius 1 is 1.30 bits per heavy atom. The summed E-state index contributed by atoms with van der Waals surface area (Å²) in [6, 6.07) is 8.98.